The van der Waals surface area contributed by atoms with Crippen LogP contribution in [0.15, 0.2) is 23.3 Å². The molecule has 120 valence electrons. The van der Waals surface area contributed by atoms with Crippen molar-refractivity contribution in [1.29, 1.82) is 0 Å². The summed E-state index contributed by atoms with van der Waals surface area (Å²) in [4.78, 5) is 39.7. The second kappa shape index (κ2) is 8.30. The number of rotatable bonds is 5. The van der Waals surface area contributed by atoms with Crippen molar-refractivity contribution in [2.75, 3.05) is 44.7 Å². The van der Waals surface area contributed by atoms with Gasteiger partial charge in [-0.05, 0) is 13.0 Å². The monoisotopic (exact) mass is 308 g/mol. The zero-order chi connectivity index (χ0) is 15.8. The quantitative estimate of drug-likeness (QED) is 0.486. The first-order valence-electron chi connectivity index (χ1n) is 7.23. The Morgan fingerprint density at radius 3 is 2.77 bits per heavy atom. The van der Waals surface area contributed by atoms with Crippen molar-refractivity contribution < 1.29 is 14.3 Å². The fourth-order valence-electron chi connectivity index (χ4n) is 2.10. The Hall–Kier alpha value is -2.19. The third-order valence-electron chi connectivity index (χ3n) is 3.32. The molecule has 2 rings (SSSR count). The van der Waals surface area contributed by atoms with Crippen molar-refractivity contribution in [3.8, 4) is 0 Å². The van der Waals surface area contributed by atoms with E-state index in [0.29, 0.717) is 6.54 Å². The first-order chi connectivity index (χ1) is 10.7. The van der Waals surface area contributed by atoms with E-state index in [-0.39, 0.29) is 11.1 Å². The summed E-state index contributed by atoms with van der Waals surface area (Å²) in [6.07, 6.45) is 3.54. The third kappa shape index (κ3) is 4.97. The Balaban J connectivity index is 1.67. The number of nitrogens with one attached hydrogen (secondary N) is 3. The second-order valence-electron chi connectivity index (χ2n) is 4.94. The summed E-state index contributed by atoms with van der Waals surface area (Å²) in [5.41, 5.74) is -0.303. The van der Waals surface area contributed by atoms with Gasteiger partial charge in [0.15, 0.2) is 0 Å². The highest BCUT2D eigenvalue weighted by molar-refractivity contribution is 6.39. The first kappa shape index (κ1) is 16.2. The largest absolute Gasteiger partial charge is 0.379 e. The molecule has 0 radical (unpaired) electrons. The highest BCUT2D eigenvalue weighted by Gasteiger charge is 2.15. The van der Waals surface area contributed by atoms with Gasteiger partial charge in [-0.2, -0.15) is 0 Å². The molecule has 1 fully saturated rings. The van der Waals surface area contributed by atoms with E-state index < -0.39 is 11.8 Å². The molecule has 1 aliphatic heterocycles. The molecule has 3 N–H and O–H groups in total. The lowest BCUT2D eigenvalue weighted by molar-refractivity contribution is -0.136. The van der Waals surface area contributed by atoms with Crippen LogP contribution in [0.4, 0.5) is 5.69 Å². The molecule has 2 amide bonds. The molecule has 1 aromatic rings. The summed E-state index contributed by atoms with van der Waals surface area (Å²) in [6.45, 7) is 4.52. The SMILES string of the molecule is O=C(NCCCN1CCOCC1)C(=O)Nc1c[nH]ccc1=O. The minimum Gasteiger partial charge on any atom is -0.379 e. The van der Waals surface area contributed by atoms with Crippen molar-refractivity contribution in [3.63, 3.8) is 0 Å². The van der Waals surface area contributed by atoms with Gasteiger partial charge >= 0.3 is 11.8 Å². The summed E-state index contributed by atoms with van der Waals surface area (Å²) in [5.74, 6) is -1.59. The number of aromatic nitrogens is 1. The molecule has 8 heteroatoms. The highest BCUT2D eigenvalue weighted by Crippen LogP contribution is 1.97. The van der Waals surface area contributed by atoms with Crippen LogP contribution in [0.25, 0.3) is 0 Å². The number of nitrogens with zero attached hydrogens (tertiary/aromatic N) is 1. The van der Waals surface area contributed by atoms with Crippen molar-refractivity contribution >= 4 is 17.5 Å². The van der Waals surface area contributed by atoms with Crippen LogP contribution in [0.2, 0.25) is 0 Å². The van der Waals surface area contributed by atoms with Gasteiger partial charge in [0.2, 0.25) is 5.43 Å². The van der Waals surface area contributed by atoms with Gasteiger partial charge in [-0.25, -0.2) is 0 Å². The minimum atomic E-state index is -0.844. The molecule has 0 saturated carbocycles. The fraction of sp³-hybridized carbons (Fsp3) is 0.500. The maximum absolute atomic E-state index is 11.7. The van der Waals surface area contributed by atoms with Crippen molar-refractivity contribution in [2.45, 2.75) is 6.42 Å². The molecule has 0 bridgehead atoms. The Bertz CT molecular complexity index is 566. The normalized spacial score (nSPS) is 15.3. The number of carbonyl (C=O) groups excluding carboxylic acids is 2. The Morgan fingerprint density at radius 1 is 1.27 bits per heavy atom. The zero-order valence-corrected chi connectivity index (χ0v) is 12.3. The molecular weight excluding hydrogens is 288 g/mol. The van der Waals surface area contributed by atoms with E-state index in [1.807, 2.05) is 0 Å². The van der Waals surface area contributed by atoms with Gasteiger partial charge in [-0.1, -0.05) is 0 Å². The first-order valence-corrected chi connectivity index (χ1v) is 7.23. The van der Waals surface area contributed by atoms with Crippen LogP contribution in [0.1, 0.15) is 6.42 Å². The minimum absolute atomic E-state index is 0.0518. The maximum Gasteiger partial charge on any atom is 0.313 e. The van der Waals surface area contributed by atoms with Crippen LogP contribution in [0.3, 0.4) is 0 Å². The number of morpholine rings is 1. The molecule has 1 aromatic heterocycles. The summed E-state index contributed by atoms with van der Waals surface area (Å²) in [5, 5.41) is 4.82. The van der Waals surface area contributed by atoms with E-state index in [1.54, 1.807) is 0 Å². The number of amides is 2. The number of aromatic amines is 1. The average Bonchev–Trinajstić information content (AvgIpc) is 2.54. The number of anilines is 1. The molecule has 0 unspecified atom stereocenters. The van der Waals surface area contributed by atoms with Crippen LogP contribution in [0, 0.1) is 0 Å². The van der Waals surface area contributed by atoms with Gasteiger partial charge in [0, 0.05) is 38.1 Å². The third-order valence-corrected chi connectivity index (χ3v) is 3.32. The number of hydrogen-bond donors (Lipinski definition) is 3. The lowest BCUT2D eigenvalue weighted by atomic mass is 10.3. The van der Waals surface area contributed by atoms with Crippen LogP contribution in [-0.4, -0.2) is 61.1 Å². The zero-order valence-electron chi connectivity index (χ0n) is 12.3. The van der Waals surface area contributed by atoms with Gasteiger partial charge in [0.05, 0.1) is 13.2 Å². The van der Waals surface area contributed by atoms with E-state index in [2.05, 4.69) is 20.5 Å². The van der Waals surface area contributed by atoms with Gasteiger partial charge < -0.3 is 20.4 Å². The van der Waals surface area contributed by atoms with E-state index >= 15 is 0 Å². The van der Waals surface area contributed by atoms with Gasteiger partial charge in [-0.15, -0.1) is 0 Å². The van der Waals surface area contributed by atoms with E-state index in [0.717, 1.165) is 39.3 Å². The predicted octanol–water partition coefficient (Wildman–Crippen LogP) is -0.848. The average molecular weight is 308 g/mol. The van der Waals surface area contributed by atoms with Crippen LogP contribution in [-0.2, 0) is 14.3 Å². The predicted molar refractivity (Wildman–Crippen MR) is 80.6 cm³/mol. The molecule has 8 nitrogen and oxygen atoms in total. The van der Waals surface area contributed by atoms with Gasteiger partial charge in [-0.3, -0.25) is 19.3 Å². The van der Waals surface area contributed by atoms with Crippen molar-refractivity contribution in [2.24, 2.45) is 0 Å². The Labute approximate surface area is 127 Å². The molecule has 0 aliphatic carbocycles. The number of hydrogen-bond acceptors (Lipinski definition) is 5. The van der Waals surface area contributed by atoms with Gasteiger partial charge in [0.25, 0.3) is 0 Å². The molecule has 1 aliphatic rings. The fourth-order valence-corrected chi connectivity index (χ4v) is 2.10. The molecule has 0 aromatic carbocycles. The standard InChI is InChI=1S/C14H20N4O4/c19-12-2-4-15-10-11(12)17-14(21)13(20)16-3-1-5-18-6-8-22-9-7-18/h2,4,10H,1,3,5-9H2,(H,15,19)(H,16,20)(H,17,21). The van der Waals surface area contributed by atoms with E-state index in [1.165, 1.54) is 18.5 Å². The lowest BCUT2D eigenvalue weighted by Gasteiger charge is -2.26. The molecule has 1 saturated heterocycles. The molecule has 0 atom stereocenters. The van der Waals surface area contributed by atoms with Crippen LogP contribution in [0.5, 0.6) is 0 Å². The lowest BCUT2D eigenvalue weighted by Crippen LogP contribution is -2.40. The number of pyridine rings is 1. The van der Waals surface area contributed by atoms with E-state index in [9.17, 15) is 14.4 Å². The smallest absolute Gasteiger partial charge is 0.313 e. The number of ether oxygens (including phenoxy) is 1. The Morgan fingerprint density at radius 2 is 2.05 bits per heavy atom. The maximum atomic E-state index is 11.7. The molecule has 0 spiro atoms. The van der Waals surface area contributed by atoms with Crippen LogP contribution >= 0.6 is 0 Å². The topological polar surface area (TPSA) is 104 Å². The molecular formula is C14H20N4O4. The molecule has 22 heavy (non-hydrogen) atoms. The van der Waals surface area contributed by atoms with Crippen molar-refractivity contribution in [3.05, 3.63) is 28.7 Å². The highest BCUT2D eigenvalue weighted by atomic mass is 16.5. The summed E-state index contributed by atoms with van der Waals surface area (Å²) in [7, 11) is 0. The summed E-state index contributed by atoms with van der Waals surface area (Å²) >= 11 is 0. The second-order valence-corrected chi connectivity index (χ2v) is 4.94. The Kier molecular flexibility index (Phi) is 6.11. The van der Waals surface area contributed by atoms with Crippen LogP contribution < -0.4 is 16.1 Å². The van der Waals surface area contributed by atoms with Crippen molar-refractivity contribution in [1.82, 2.24) is 15.2 Å². The van der Waals surface area contributed by atoms with Gasteiger partial charge in [0.1, 0.15) is 5.69 Å². The summed E-state index contributed by atoms with van der Waals surface area (Å²) in [6, 6.07) is 1.27. The number of H-pyrrole nitrogens is 1. The van der Waals surface area contributed by atoms with E-state index in [4.69, 9.17) is 4.74 Å². The summed E-state index contributed by atoms with van der Waals surface area (Å²) < 4.78 is 5.25. The molecule has 2 heterocycles. The number of carbonyl (C=O) groups is 2.